The molecule has 12 aromatic carbocycles. The summed E-state index contributed by atoms with van der Waals surface area (Å²) >= 11 is 0. The molecule has 1 aliphatic rings. The molecule has 0 saturated heterocycles. The maximum Gasteiger partial charge on any atom is 0.206 e. The number of rotatable bonds is 5. The van der Waals surface area contributed by atoms with Crippen LogP contribution in [0.15, 0.2) is 266 Å². The lowest BCUT2D eigenvalue weighted by molar-refractivity contribution is 0.404. The first kappa shape index (κ1) is 43.1. The normalized spacial score (nSPS) is 15.1. The van der Waals surface area contributed by atoms with Gasteiger partial charge in [-0.3, -0.25) is 9.88 Å². The first-order chi connectivity index (χ1) is 38.7. The third-order valence-electron chi connectivity index (χ3n) is 16.6. The topological polar surface area (TPSA) is 56.1 Å². The average Bonchev–Trinajstić information content (AvgIpc) is 4.40. The van der Waals surface area contributed by atoms with E-state index in [2.05, 4.69) is 290 Å². The highest BCUT2D eigenvalue weighted by atomic mass is 15.4. The highest BCUT2D eigenvalue weighted by molar-refractivity contribution is 6.28. The smallest absolute Gasteiger partial charge is 0.206 e. The maximum absolute atomic E-state index is 5.63. The van der Waals surface area contributed by atoms with Crippen LogP contribution in [0.3, 0.4) is 0 Å². The van der Waals surface area contributed by atoms with Gasteiger partial charge in [-0.25, -0.2) is 4.99 Å². The Morgan fingerprint density at radius 2 is 0.744 bits per heavy atom. The first-order valence-electron chi connectivity index (χ1n) is 26.9. The summed E-state index contributed by atoms with van der Waals surface area (Å²) in [6, 6.07) is 95.3. The molecule has 78 heavy (non-hydrogen) atoms. The highest BCUT2D eigenvalue weighted by Gasteiger charge is 2.30. The molecule has 5 heterocycles. The number of nitrogens with zero attached hydrogens (tertiary/aromatic N) is 5. The molecule has 0 fully saturated rings. The third kappa shape index (κ3) is 6.27. The Labute approximate surface area is 447 Å². The lowest BCUT2D eigenvalue weighted by atomic mass is 10.0. The van der Waals surface area contributed by atoms with Crippen LogP contribution < -0.4 is 10.6 Å². The standard InChI is InChI=1S/C71H47N7/c1-2-21-50(22-3-1)76-59-29-12-8-25-53(59)55-37-39-63-65(67(55)76)57-27-10-14-31-61(57)75(63)51-23-16-24-52(43-51)77-60-30-13-9-26-54(60)56-38-40-64-66(68(56)77)58-28-11-15-32-62(58)78(64)71-73-69(48-35-33-44-17-4-6-19-46(44)41-48)72-70(74-71)49-36-34-45-18-5-7-20-47(45)42-49/h1-43,69-70,72H,(H,73,74). The van der Waals surface area contributed by atoms with Gasteiger partial charge in [-0.2, -0.15) is 0 Å². The molecule has 2 atom stereocenters. The van der Waals surface area contributed by atoms with Gasteiger partial charge in [0.15, 0.2) is 0 Å². The van der Waals surface area contributed by atoms with Gasteiger partial charge in [0, 0.05) is 60.2 Å². The maximum atomic E-state index is 5.63. The lowest BCUT2D eigenvalue weighted by Gasteiger charge is -2.33. The molecule has 2 unspecified atom stereocenters. The summed E-state index contributed by atoms with van der Waals surface area (Å²) in [6.07, 6.45) is -0.582. The summed E-state index contributed by atoms with van der Waals surface area (Å²) in [5, 5.41) is 22.4. The summed E-state index contributed by atoms with van der Waals surface area (Å²) < 4.78 is 9.78. The number of fused-ring (bicyclic) bond motifs is 16. The Kier molecular flexibility index (Phi) is 9.19. The van der Waals surface area contributed by atoms with Crippen molar-refractivity contribution in [2.75, 3.05) is 0 Å². The minimum atomic E-state index is -0.338. The summed E-state index contributed by atoms with van der Waals surface area (Å²) in [6.45, 7) is 0. The van der Waals surface area contributed by atoms with Crippen molar-refractivity contribution in [2.24, 2.45) is 4.99 Å². The van der Waals surface area contributed by atoms with Crippen LogP contribution in [0.4, 0.5) is 0 Å². The van der Waals surface area contributed by atoms with Gasteiger partial charge in [-0.15, -0.1) is 0 Å². The molecule has 2 N–H and O–H groups in total. The van der Waals surface area contributed by atoms with Gasteiger partial charge in [-0.05, 0) is 112 Å². The van der Waals surface area contributed by atoms with Crippen molar-refractivity contribution in [1.29, 1.82) is 0 Å². The van der Waals surface area contributed by atoms with E-state index in [1.807, 2.05) is 0 Å². The van der Waals surface area contributed by atoms with Crippen molar-refractivity contribution in [1.82, 2.24) is 28.9 Å². The van der Waals surface area contributed by atoms with E-state index in [-0.39, 0.29) is 12.3 Å². The molecule has 4 aromatic heterocycles. The largest absolute Gasteiger partial charge is 0.336 e. The number of aromatic nitrogens is 4. The van der Waals surface area contributed by atoms with Gasteiger partial charge in [0.25, 0.3) is 0 Å². The van der Waals surface area contributed by atoms with Gasteiger partial charge in [0.05, 0.1) is 44.1 Å². The van der Waals surface area contributed by atoms with E-state index in [9.17, 15) is 0 Å². The van der Waals surface area contributed by atoms with Gasteiger partial charge < -0.3 is 19.0 Å². The van der Waals surface area contributed by atoms with Crippen molar-refractivity contribution < 1.29 is 0 Å². The predicted molar refractivity (Wildman–Crippen MR) is 325 cm³/mol. The molecule has 7 heteroatoms. The average molecular weight is 998 g/mol. The van der Waals surface area contributed by atoms with E-state index in [1.54, 1.807) is 0 Å². The number of para-hydroxylation sites is 5. The lowest BCUT2D eigenvalue weighted by Crippen LogP contribution is -2.47. The molecule has 0 bridgehead atoms. The fraction of sp³-hybridized carbons (Fsp3) is 0.0282. The van der Waals surface area contributed by atoms with Crippen molar-refractivity contribution in [3.63, 3.8) is 0 Å². The summed E-state index contributed by atoms with van der Waals surface area (Å²) in [7, 11) is 0. The summed E-state index contributed by atoms with van der Waals surface area (Å²) in [4.78, 5) is 5.63. The quantitative estimate of drug-likeness (QED) is 0.181. The molecule has 0 amide bonds. The minimum Gasteiger partial charge on any atom is -0.336 e. The van der Waals surface area contributed by atoms with Crippen LogP contribution in [0.2, 0.25) is 0 Å². The van der Waals surface area contributed by atoms with Gasteiger partial charge >= 0.3 is 0 Å². The van der Waals surface area contributed by atoms with Crippen LogP contribution in [0, 0.1) is 0 Å². The van der Waals surface area contributed by atoms with Crippen LogP contribution in [-0.2, 0) is 0 Å². The second-order valence-corrected chi connectivity index (χ2v) is 20.8. The van der Waals surface area contributed by atoms with Crippen molar-refractivity contribution in [3.8, 4) is 17.1 Å². The fourth-order valence-corrected chi connectivity index (χ4v) is 13.2. The van der Waals surface area contributed by atoms with Crippen LogP contribution in [0.1, 0.15) is 23.5 Å². The van der Waals surface area contributed by atoms with E-state index in [0.29, 0.717) is 0 Å². The Balaban J connectivity index is 0.893. The van der Waals surface area contributed by atoms with E-state index in [4.69, 9.17) is 4.99 Å². The molecule has 0 spiro atoms. The Hall–Kier alpha value is -10.2. The number of hydrogen-bond donors (Lipinski definition) is 2. The van der Waals surface area contributed by atoms with Crippen LogP contribution >= 0.6 is 0 Å². The zero-order chi connectivity index (χ0) is 51.0. The zero-order valence-electron chi connectivity index (χ0n) is 42.2. The van der Waals surface area contributed by atoms with Crippen molar-refractivity contribution >= 4 is 115 Å². The van der Waals surface area contributed by atoms with E-state index < -0.39 is 0 Å². The molecule has 17 rings (SSSR count). The Bertz CT molecular complexity index is 5190. The molecule has 1 aliphatic heterocycles. The second-order valence-electron chi connectivity index (χ2n) is 20.8. The second kappa shape index (κ2) is 16.6. The molecule has 0 aliphatic carbocycles. The third-order valence-corrected chi connectivity index (χ3v) is 16.6. The number of nitrogens with one attached hydrogen (secondary N) is 2. The minimum absolute atomic E-state index is 0.244. The number of benzene rings is 12. The van der Waals surface area contributed by atoms with Gasteiger partial charge in [0.1, 0.15) is 12.3 Å². The molecular formula is C71H47N7. The zero-order valence-corrected chi connectivity index (χ0v) is 42.2. The Morgan fingerprint density at radius 3 is 1.36 bits per heavy atom. The van der Waals surface area contributed by atoms with E-state index >= 15 is 0 Å². The first-order valence-corrected chi connectivity index (χ1v) is 26.9. The van der Waals surface area contributed by atoms with E-state index in [1.165, 1.54) is 70.3 Å². The fourth-order valence-electron chi connectivity index (χ4n) is 13.2. The van der Waals surface area contributed by atoms with E-state index in [0.717, 1.165) is 72.6 Å². The molecule has 0 saturated carbocycles. The van der Waals surface area contributed by atoms with Gasteiger partial charge in [-0.1, -0.05) is 182 Å². The molecular weight excluding hydrogens is 951 g/mol. The number of aliphatic imine (C=N–C) groups is 1. The SMILES string of the molecule is c1ccc(-n2c3ccccc3c3ccc4c(c5ccccc5n4-c4cccc(-n5c6ccccc6c6ccc7c(c8ccccc8n7C7=NC(c8ccc9ccccc9c8)NC(c8ccc9ccccc9c8)N7)c65)c4)c32)cc1. The van der Waals surface area contributed by atoms with Crippen molar-refractivity contribution in [2.45, 2.75) is 12.3 Å². The molecule has 16 aromatic rings. The summed E-state index contributed by atoms with van der Waals surface area (Å²) in [5.41, 5.74) is 14.8. The van der Waals surface area contributed by atoms with Crippen LogP contribution in [-0.4, -0.2) is 24.2 Å². The summed E-state index contributed by atoms with van der Waals surface area (Å²) in [5.74, 6) is 0.784. The number of hydrogen-bond acceptors (Lipinski definition) is 3. The highest BCUT2D eigenvalue weighted by Crippen LogP contribution is 2.45. The Morgan fingerprint density at radius 1 is 0.295 bits per heavy atom. The van der Waals surface area contributed by atoms with Crippen molar-refractivity contribution in [3.05, 3.63) is 272 Å². The molecule has 0 radical (unpaired) electrons. The molecule has 7 nitrogen and oxygen atoms in total. The monoisotopic (exact) mass is 997 g/mol. The molecule has 366 valence electrons. The van der Waals surface area contributed by atoms with Gasteiger partial charge in [0.2, 0.25) is 5.96 Å². The van der Waals surface area contributed by atoms with Crippen LogP contribution in [0.5, 0.6) is 0 Å². The predicted octanol–water partition coefficient (Wildman–Crippen LogP) is 17.2. The van der Waals surface area contributed by atoms with Crippen LogP contribution in [0.25, 0.3) is 126 Å².